The van der Waals surface area contributed by atoms with Gasteiger partial charge in [0.2, 0.25) is 0 Å². The van der Waals surface area contributed by atoms with Gasteiger partial charge in [0.25, 0.3) is 0 Å². The molecule has 0 radical (unpaired) electrons. The largest absolute Gasteiger partial charge is 0.491 e. The van der Waals surface area contributed by atoms with Gasteiger partial charge in [0.15, 0.2) is 0 Å². The summed E-state index contributed by atoms with van der Waals surface area (Å²) in [6.07, 6.45) is 0. The van der Waals surface area contributed by atoms with Gasteiger partial charge in [-0.1, -0.05) is 29.8 Å². The summed E-state index contributed by atoms with van der Waals surface area (Å²) in [5.41, 5.74) is 0.782. The van der Waals surface area contributed by atoms with Gasteiger partial charge < -0.3 is 20.5 Å². The van der Waals surface area contributed by atoms with E-state index in [1.807, 2.05) is 0 Å². The van der Waals surface area contributed by atoms with Crippen LogP contribution in [0.25, 0.3) is 0 Å². The Bertz CT molecular complexity index is 682. The first-order valence-corrected chi connectivity index (χ1v) is 7.29. The van der Waals surface area contributed by atoms with Gasteiger partial charge in [-0.15, -0.1) is 0 Å². The van der Waals surface area contributed by atoms with E-state index in [0.29, 0.717) is 5.75 Å². The molecular formula is C16H16ClFN2O3. The molecule has 5 nitrogen and oxygen atoms in total. The third-order valence-corrected chi connectivity index (χ3v) is 3.18. The molecule has 3 N–H and O–H groups in total. The summed E-state index contributed by atoms with van der Waals surface area (Å²) in [4.78, 5) is 11.8. The lowest BCUT2D eigenvalue weighted by Crippen LogP contribution is -2.28. The van der Waals surface area contributed by atoms with Crippen LogP contribution in [-0.2, 0) is 6.54 Å². The first-order chi connectivity index (χ1) is 11.1. The second kappa shape index (κ2) is 8.36. The number of nitrogens with one attached hydrogen (secondary N) is 2. The zero-order chi connectivity index (χ0) is 16.7. The molecule has 7 heteroatoms. The van der Waals surface area contributed by atoms with Gasteiger partial charge in [-0.3, -0.25) is 0 Å². The molecule has 0 unspecified atom stereocenters. The third kappa shape index (κ3) is 5.12. The van der Waals surface area contributed by atoms with E-state index in [0.717, 1.165) is 11.6 Å². The van der Waals surface area contributed by atoms with Crippen molar-refractivity contribution in [1.82, 2.24) is 5.32 Å². The van der Waals surface area contributed by atoms with E-state index in [9.17, 15) is 9.18 Å². The molecule has 2 rings (SSSR count). The fourth-order valence-corrected chi connectivity index (χ4v) is 2.04. The predicted octanol–water partition coefficient (Wildman–Crippen LogP) is 3.17. The van der Waals surface area contributed by atoms with Gasteiger partial charge in [-0.05, 0) is 24.3 Å². The second-order valence-electron chi connectivity index (χ2n) is 4.61. The highest BCUT2D eigenvalue weighted by molar-refractivity contribution is 6.30. The number of urea groups is 1. The van der Waals surface area contributed by atoms with Crippen molar-refractivity contribution in [1.29, 1.82) is 0 Å². The van der Waals surface area contributed by atoms with Gasteiger partial charge >= 0.3 is 6.03 Å². The Hall–Kier alpha value is -2.31. The molecule has 0 atom stereocenters. The summed E-state index contributed by atoms with van der Waals surface area (Å²) < 4.78 is 19.0. The highest BCUT2D eigenvalue weighted by Crippen LogP contribution is 2.19. The van der Waals surface area contributed by atoms with Crippen LogP contribution in [0.3, 0.4) is 0 Å². The Balaban J connectivity index is 1.94. The van der Waals surface area contributed by atoms with Crippen LogP contribution in [-0.4, -0.2) is 24.4 Å². The highest BCUT2D eigenvalue weighted by atomic mass is 35.5. The second-order valence-corrected chi connectivity index (χ2v) is 5.05. The molecule has 0 bridgehead atoms. The summed E-state index contributed by atoms with van der Waals surface area (Å²) in [7, 11) is 0. The maximum Gasteiger partial charge on any atom is 0.319 e. The minimum atomic E-state index is -0.612. The minimum absolute atomic E-state index is 0.0386. The zero-order valence-corrected chi connectivity index (χ0v) is 12.9. The van der Waals surface area contributed by atoms with Crippen molar-refractivity contribution in [3.05, 3.63) is 58.9 Å². The molecule has 0 spiro atoms. The number of para-hydroxylation sites is 1. The fourth-order valence-electron chi connectivity index (χ4n) is 1.88. The van der Waals surface area contributed by atoms with Crippen molar-refractivity contribution in [2.24, 2.45) is 0 Å². The first kappa shape index (κ1) is 17.1. The molecule has 2 aromatic rings. The van der Waals surface area contributed by atoms with E-state index in [4.69, 9.17) is 21.4 Å². The molecule has 2 aromatic carbocycles. The van der Waals surface area contributed by atoms with Crippen molar-refractivity contribution in [3.8, 4) is 5.75 Å². The molecule has 2 amide bonds. The van der Waals surface area contributed by atoms with Crippen molar-refractivity contribution in [3.63, 3.8) is 0 Å². The number of halogens is 2. The van der Waals surface area contributed by atoms with Gasteiger partial charge in [0.1, 0.15) is 18.2 Å². The van der Waals surface area contributed by atoms with E-state index in [2.05, 4.69) is 10.6 Å². The third-order valence-electron chi connectivity index (χ3n) is 2.94. The maximum atomic E-state index is 13.6. The lowest BCUT2D eigenvalue weighted by Gasteiger charge is -2.12. The van der Waals surface area contributed by atoms with E-state index >= 15 is 0 Å². The highest BCUT2D eigenvalue weighted by Gasteiger charge is 2.09. The maximum absolute atomic E-state index is 13.6. The standard InChI is InChI=1S/C16H16ClFN2O3/c17-12-5-6-14(13(18)9-12)20-16(22)19-10-11-3-1-2-4-15(11)23-8-7-21/h1-6,9,21H,7-8,10H2,(H2,19,20,22). The molecule has 0 heterocycles. The summed E-state index contributed by atoms with van der Waals surface area (Å²) in [6, 6.07) is 10.6. The average molecular weight is 339 g/mol. The number of hydrogen-bond donors (Lipinski definition) is 3. The lowest BCUT2D eigenvalue weighted by atomic mass is 10.2. The van der Waals surface area contributed by atoms with E-state index in [1.165, 1.54) is 12.1 Å². The summed E-state index contributed by atoms with van der Waals surface area (Å²) in [5.74, 6) is -0.0427. The Kier molecular flexibility index (Phi) is 6.19. The number of aliphatic hydroxyl groups is 1. The van der Waals surface area contributed by atoms with Crippen LogP contribution in [0.4, 0.5) is 14.9 Å². The number of carbonyl (C=O) groups is 1. The van der Waals surface area contributed by atoms with Crippen LogP contribution in [0.1, 0.15) is 5.56 Å². The molecule has 0 aliphatic heterocycles. The molecule has 23 heavy (non-hydrogen) atoms. The van der Waals surface area contributed by atoms with Gasteiger partial charge in [-0.2, -0.15) is 0 Å². The number of benzene rings is 2. The van der Waals surface area contributed by atoms with Crippen LogP contribution in [0.5, 0.6) is 5.75 Å². The Labute approximate surface area is 138 Å². The monoisotopic (exact) mass is 338 g/mol. The summed E-state index contributed by atoms with van der Waals surface area (Å²) >= 11 is 5.65. The molecule has 0 saturated heterocycles. The van der Waals surface area contributed by atoms with Crippen molar-refractivity contribution in [2.45, 2.75) is 6.54 Å². The topological polar surface area (TPSA) is 70.6 Å². The molecule has 0 aliphatic carbocycles. The Morgan fingerprint density at radius 3 is 2.78 bits per heavy atom. The number of anilines is 1. The van der Waals surface area contributed by atoms with E-state index < -0.39 is 11.8 Å². The molecule has 0 aliphatic rings. The fraction of sp³-hybridized carbons (Fsp3) is 0.188. The Morgan fingerprint density at radius 1 is 1.26 bits per heavy atom. The van der Waals surface area contributed by atoms with Crippen LogP contribution in [0.15, 0.2) is 42.5 Å². The number of rotatable bonds is 6. The van der Waals surface area contributed by atoms with E-state index in [1.54, 1.807) is 24.3 Å². The van der Waals surface area contributed by atoms with Crippen LogP contribution >= 0.6 is 11.6 Å². The number of ether oxygens (including phenoxy) is 1. The predicted molar refractivity (Wildman–Crippen MR) is 86.3 cm³/mol. The summed E-state index contributed by atoms with van der Waals surface area (Å²) in [6.45, 7) is 0.264. The Morgan fingerprint density at radius 2 is 2.04 bits per heavy atom. The molecule has 122 valence electrons. The van der Waals surface area contributed by atoms with Crippen molar-refractivity contribution < 1.29 is 19.0 Å². The number of aliphatic hydroxyl groups excluding tert-OH is 1. The van der Waals surface area contributed by atoms with Crippen LogP contribution in [0.2, 0.25) is 5.02 Å². The smallest absolute Gasteiger partial charge is 0.319 e. The zero-order valence-electron chi connectivity index (χ0n) is 12.2. The normalized spacial score (nSPS) is 10.2. The number of carbonyl (C=O) groups excluding carboxylic acids is 1. The summed E-state index contributed by atoms with van der Waals surface area (Å²) in [5, 5.41) is 14.1. The SMILES string of the molecule is O=C(NCc1ccccc1OCCO)Nc1ccc(Cl)cc1F. The van der Waals surface area contributed by atoms with Gasteiger partial charge in [0, 0.05) is 17.1 Å². The van der Waals surface area contributed by atoms with Crippen molar-refractivity contribution >= 4 is 23.3 Å². The minimum Gasteiger partial charge on any atom is -0.491 e. The molecule has 0 fully saturated rings. The number of hydrogen-bond acceptors (Lipinski definition) is 3. The number of amides is 2. The quantitative estimate of drug-likeness (QED) is 0.757. The molecule has 0 saturated carbocycles. The van der Waals surface area contributed by atoms with Gasteiger partial charge in [0.05, 0.1) is 12.3 Å². The molecular weight excluding hydrogens is 323 g/mol. The van der Waals surface area contributed by atoms with Crippen molar-refractivity contribution in [2.75, 3.05) is 18.5 Å². The average Bonchev–Trinajstić information content (AvgIpc) is 2.54. The molecule has 0 aromatic heterocycles. The van der Waals surface area contributed by atoms with Crippen LogP contribution < -0.4 is 15.4 Å². The lowest BCUT2D eigenvalue weighted by molar-refractivity contribution is 0.200. The van der Waals surface area contributed by atoms with Gasteiger partial charge in [-0.25, -0.2) is 9.18 Å². The van der Waals surface area contributed by atoms with Crippen LogP contribution in [0, 0.1) is 5.82 Å². The first-order valence-electron chi connectivity index (χ1n) is 6.91. The van der Waals surface area contributed by atoms with E-state index in [-0.39, 0.29) is 30.5 Å².